The zero-order chi connectivity index (χ0) is 16.0. The summed E-state index contributed by atoms with van der Waals surface area (Å²) >= 11 is 0. The summed E-state index contributed by atoms with van der Waals surface area (Å²) in [6, 6.07) is 2.07. The molecule has 122 valence electrons. The molecule has 2 atom stereocenters. The molecule has 1 amide bonds. The molecule has 0 fully saturated rings. The lowest BCUT2D eigenvalue weighted by atomic mass is 9.99. The maximum absolute atomic E-state index is 12.5. The Morgan fingerprint density at radius 1 is 1.52 bits per heavy atom. The van der Waals surface area contributed by atoms with E-state index in [4.69, 9.17) is 4.74 Å². The number of carbonyl (C=O) groups excluding carboxylic acids is 1. The molecule has 0 unspecified atom stereocenters. The number of ether oxygens (including phenoxy) is 1. The van der Waals surface area contributed by atoms with Crippen LogP contribution in [0.1, 0.15) is 59.5 Å². The van der Waals surface area contributed by atoms with Gasteiger partial charge in [-0.05, 0) is 32.8 Å². The number of aromatic amines is 1. The summed E-state index contributed by atoms with van der Waals surface area (Å²) in [4.78, 5) is 12.5. The van der Waals surface area contributed by atoms with Crippen LogP contribution in [-0.4, -0.2) is 32.0 Å². The van der Waals surface area contributed by atoms with Gasteiger partial charge >= 0.3 is 0 Å². The summed E-state index contributed by atoms with van der Waals surface area (Å²) in [6.07, 6.45) is 2.98. The molecule has 23 heavy (non-hydrogen) atoms. The number of H-pyrrole nitrogens is 1. The zero-order valence-electron chi connectivity index (χ0n) is 13.4. The molecule has 2 aliphatic heterocycles. The molecular weight excluding hydrogens is 294 g/mol. The molecule has 2 aliphatic rings. The second kappa shape index (κ2) is 5.49. The van der Waals surface area contributed by atoms with E-state index in [-0.39, 0.29) is 18.1 Å². The fourth-order valence-electron chi connectivity index (χ4n) is 3.52. The lowest BCUT2D eigenvalue weighted by molar-refractivity contribution is -0.00697. The molecule has 0 aliphatic carbocycles. The first-order valence-electron chi connectivity index (χ1n) is 8.18. The minimum absolute atomic E-state index is 0.0566. The molecule has 2 aromatic heterocycles. The van der Waals surface area contributed by atoms with Crippen LogP contribution in [0.15, 0.2) is 6.07 Å². The summed E-state index contributed by atoms with van der Waals surface area (Å²) in [6.45, 7) is 5.40. The van der Waals surface area contributed by atoms with E-state index in [1.807, 2.05) is 18.5 Å². The lowest BCUT2D eigenvalue weighted by Gasteiger charge is -2.25. The fraction of sp³-hybridized carbons (Fsp3) is 0.562. The first-order valence-corrected chi connectivity index (χ1v) is 8.18. The molecule has 2 aromatic rings. The minimum Gasteiger partial charge on any atom is -0.369 e. The van der Waals surface area contributed by atoms with Crippen LogP contribution in [0.25, 0.3) is 0 Å². The van der Waals surface area contributed by atoms with E-state index >= 15 is 0 Å². The van der Waals surface area contributed by atoms with Gasteiger partial charge in [0.2, 0.25) is 0 Å². The Kier molecular flexibility index (Phi) is 3.45. The first kappa shape index (κ1) is 14.4. The summed E-state index contributed by atoms with van der Waals surface area (Å²) in [5.41, 5.74) is 4.53. The average Bonchev–Trinajstić information content (AvgIpc) is 3.17. The Hall–Kier alpha value is -2.15. The molecule has 4 rings (SSSR count). The minimum atomic E-state index is -0.156. The van der Waals surface area contributed by atoms with E-state index in [0.717, 1.165) is 36.3 Å². The smallest absolute Gasteiger partial charge is 0.272 e. The van der Waals surface area contributed by atoms with Gasteiger partial charge < -0.3 is 10.1 Å². The van der Waals surface area contributed by atoms with Crippen LogP contribution in [0, 0.1) is 0 Å². The number of amides is 1. The predicted molar refractivity (Wildman–Crippen MR) is 83.0 cm³/mol. The topological polar surface area (TPSA) is 84.8 Å². The van der Waals surface area contributed by atoms with E-state index < -0.39 is 0 Å². The number of fused-ring (bicyclic) bond motifs is 2. The highest BCUT2D eigenvalue weighted by atomic mass is 16.5. The third-order valence-electron chi connectivity index (χ3n) is 4.60. The highest BCUT2D eigenvalue weighted by molar-refractivity contribution is 5.94. The number of aryl methyl sites for hydroxylation is 2. The quantitative estimate of drug-likeness (QED) is 0.899. The van der Waals surface area contributed by atoms with Crippen molar-refractivity contribution in [3.63, 3.8) is 0 Å². The third-order valence-corrected chi connectivity index (χ3v) is 4.60. The standard InChI is InChI=1S/C16H21N5O2/c1-9-6-13-14(10(2)23-9)18-19-15(13)16(22)17-8-11-7-12-4-3-5-21(12)20-11/h7,9-10H,3-6,8H2,1-2H3,(H,17,22)(H,18,19)/t9-,10+/m1/s1. The molecule has 0 saturated carbocycles. The van der Waals surface area contributed by atoms with Crippen LogP contribution < -0.4 is 5.32 Å². The van der Waals surface area contributed by atoms with E-state index in [9.17, 15) is 4.79 Å². The van der Waals surface area contributed by atoms with Crippen molar-refractivity contribution in [3.8, 4) is 0 Å². The van der Waals surface area contributed by atoms with Gasteiger partial charge in [-0.3, -0.25) is 14.6 Å². The number of rotatable bonds is 3. The molecule has 7 nitrogen and oxygen atoms in total. The van der Waals surface area contributed by atoms with E-state index in [1.54, 1.807) is 0 Å². The van der Waals surface area contributed by atoms with Gasteiger partial charge in [-0.1, -0.05) is 0 Å². The molecular formula is C16H21N5O2. The van der Waals surface area contributed by atoms with Crippen LogP contribution in [0.4, 0.5) is 0 Å². The van der Waals surface area contributed by atoms with Crippen LogP contribution in [0.2, 0.25) is 0 Å². The van der Waals surface area contributed by atoms with Crippen molar-refractivity contribution >= 4 is 5.91 Å². The van der Waals surface area contributed by atoms with Crippen LogP contribution in [0.5, 0.6) is 0 Å². The number of aromatic nitrogens is 4. The molecule has 0 bridgehead atoms. The van der Waals surface area contributed by atoms with E-state index in [1.165, 1.54) is 5.69 Å². The van der Waals surface area contributed by atoms with Gasteiger partial charge in [0.1, 0.15) is 0 Å². The lowest BCUT2D eigenvalue weighted by Crippen LogP contribution is -2.27. The van der Waals surface area contributed by atoms with Crippen molar-refractivity contribution < 1.29 is 9.53 Å². The van der Waals surface area contributed by atoms with Crippen molar-refractivity contribution in [3.05, 3.63) is 34.4 Å². The van der Waals surface area contributed by atoms with Crippen molar-refractivity contribution in [2.45, 2.75) is 58.4 Å². The van der Waals surface area contributed by atoms with Gasteiger partial charge in [0, 0.05) is 24.2 Å². The third kappa shape index (κ3) is 2.55. The van der Waals surface area contributed by atoms with Crippen LogP contribution >= 0.6 is 0 Å². The number of hydrogen-bond acceptors (Lipinski definition) is 4. The van der Waals surface area contributed by atoms with Crippen molar-refractivity contribution in [1.29, 1.82) is 0 Å². The molecule has 0 radical (unpaired) electrons. The molecule has 4 heterocycles. The Morgan fingerprint density at radius 2 is 2.39 bits per heavy atom. The summed E-state index contributed by atoms with van der Waals surface area (Å²) in [5, 5.41) is 14.6. The molecule has 0 saturated heterocycles. The van der Waals surface area contributed by atoms with E-state index in [2.05, 4.69) is 26.7 Å². The molecule has 0 aromatic carbocycles. The van der Waals surface area contributed by atoms with E-state index in [0.29, 0.717) is 18.7 Å². The number of hydrogen-bond donors (Lipinski definition) is 2. The van der Waals surface area contributed by atoms with Crippen molar-refractivity contribution in [1.82, 2.24) is 25.3 Å². The fourth-order valence-corrected chi connectivity index (χ4v) is 3.52. The zero-order valence-corrected chi connectivity index (χ0v) is 13.4. The van der Waals surface area contributed by atoms with Gasteiger partial charge in [0.25, 0.3) is 5.91 Å². The van der Waals surface area contributed by atoms with Crippen molar-refractivity contribution in [2.75, 3.05) is 0 Å². The summed E-state index contributed by atoms with van der Waals surface area (Å²) < 4.78 is 7.78. The second-order valence-electron chi connectivity index (χ2n) is 6.39. The Labute approximate surface area is 134 Å². The van der Waals surface area contributed by atoms with Crippen molar-refractivity contribution in [2.24, 2.45) is 0 Å². The predicted octanol–water partition coefficient (Wildman–Crippen LogP) is 1.50. The largest absolute Gasteiger partial charge is 0.369 e. The first-order chi connectivity index (χ1) is 11.1. The molecule has 7 heteroatoms. The molecule has 0 spiro atoms. The van der Waals surface area contributed by atoms with Gasteiger partial charge in [-0.2, -0.15) is 10.2 Å². The van der Waals surface area contributed by atoms with Gasteiger partial charge in [0.15, 0.2) is 5.69 Å². The Bertz CT molecular complexity index is 726. The monoisotopic (exact) mass is 315 g/mol. The number of carbonyl (C=O) groups is 1. The Morgan fingerprint density at radius 3 is 3.22 bits per heavy atom. The molecule has 2 N–H and O–H groups in total. The summed E-state index contributed by atoms with van der Waals surface area (Å²) in [5.74, 6) is -0.156. The number of nitrogens with one attached hydrogen (secondary N) is 2. The van der Waals surface area contributed by atoms with Crippen LogP contribution in [-0.2, 0) is 30.7 Å². The van der Waals surface area contributed by atoms with Gasteiger partial charge in [0.05, 0.1) is 30.1 Å². The second-order valence-corrected chi connectivity index (χ2v) is 6.39. The van der Waals surface area contributed by atoms with Gasteiger partial charge in [-0.25, -0.2) is 0 Å². The highest BCUT2D eigenvalue weighted by Gasteiger charge is 2.29. The SMILES string of the molecule is C[C@@H]1Cc2c(C(=O)NCc3cc4n(n3)CCC4)n[nH]c2[C@H](C)O1. The Balaban J connectivity index is 1.47. The number of nitrogens with zero attached hydrogens (tertiary/aromatic N) is 3. The summed E-state index contributed by atoms with van der Waals surface area (Å²) in [7, 11) is 0. The maximum Gasteiger partial charge on any atom is 0.272 e. The normalized spacial score (nSPS) is 22.7. The van der Waals surface area contributed by atoms with Gasteiger partial charge in [-0.15, -0.1) is 0 Å². The maximum atomic E-state index is 12.5. The van der Waals surface area contributed by atoms with Crippen LogP contribution in [0.3, 0.4) is 0 Å². The average molecular weight is 315 g/mol. The highest BCUT2D eigenvalue weighted by Crippen LogP contribution is 2.30.